The van der Waals surface area contributed by atoms with E-state index in [0.717, 1.165) is 33.0 Å². The van der Waals surface area contributed by atoms with Crippen LogP contribution in [0.4, 0.5) is 0 Å². The maximum Gasteiger partial charge on any atom is 0.336 e. The smallest absolute Gasteiger partial charge is 0.336 e. The number of carboxylic acids is 1. The average Bonchev–Trinajstić information content (AvgIpc) is 3.29. The zero-order valence-electron chi connectivity index (χ0n) is 23.9. The van der Waals surface area contributed by atoms with Crippen molar-refractivity contribution in [2.45, 2.75) is 27.3 Å². The van der Waals surface area contributed by atoms with Crippen molar-refractivity contribution < 1.29 is 24.1 Å². The monoisotopic (exact) mass is 583 g/mol. The Balaban J connectivity index is 1.43. The van der Waals surface area contributed by atoms with E-state index in [4.69, 9.17) is 30.8 Å². The zero-order valence-corrected chi connectivity index (χ0v) is 24.7. The summed E-state index contributed by atoms with van der Waals surface area (Å²) >= 11 is 6.28. The summed E-state index contributed by atoms with van der Waals surface area (Å²) in [4.78, 5) is 17.0. The van der Waals surface area contributed by atoms with Crippen molar-refractivity contribution in [3.8, 4) is 23.0 Å². The Morgan fingerprint density at radius 2 is 1.60 bits per heavy atom. The van der Waals surface area contributed by atoms with E-state index in [-0.39, 0.29) is 5.56 Å². The molecule has 3 aromatic carbocycles. The van der Waals surface area contributed by atoms with Crippen molar-refractivity contribution in [3.63, 3.8) is 0 Å². The highest BCUT2D eigenvalue weighted by atomic mass is 35.5. The van der Waals surface area contributed by atoms with Crippen molar-refractivity contribution in [2.24, 2.45) is 0 Å². The number of carbonyl (C=O) groups is 1. The predicted octanol–water partition coefficient (Wildman–Crippen LogP) is 7.74. The van der Waals surface area contributed by atoms with Gasteiger partial charge in [-0.15, -0.1) is 0 Å². The van der Waals surface area contributed by atoms with Crippen LogP contribution in [-0.4, -0.2) is 40.1 Å². The molecule has 0 saturated heterocycles. The lowest BCUT2D eigenvalue weighted by Crippen LogP contribution is -2.05. The summed E-state index contributed by atoms with van der Waals surface area (Å²) < 4.78 is 18.5. The number of hydrogen-bond acceptors (Lipinski definition) is 6. The topological polar surface area (TPSA) is 95.7 Å². The normalized spacial score (nSPS) is 11.3. The maximum atomic E-state index is 12.2. The highest BCUT2D eigenvalue weighted by Crippen LogP contribution is 2.31. The third kappa shape index (κ3) is 5.94. The van der Waals surface area contributed by atoms with Crippen molar-refractivity contribution in [2.75, 3.05) is 14.2 Å². The van der Waals surface area contributed by atoms with Crippen LogP contribution < -0.4 is 14.2 Å². The van der Waals surface area contributed by atoms with Gasteiger partial charge in [0.1, 0.15) is 11.5 Å². The van der Waals surface area contributed by atoms with Gasteiger partial charge in [-0.25, -0.2) is 14.5 Å². The third-order valence-corrected chi connectivity index (χ3v) is 7.48. The number of ether oxygens (including phenoxy) is 3. The van der Waals surface area contributed by atoms with Gasteiger partial charge in [0.05, 0.1) is 43.1 Å². The van der Waals surface area contributed by atoms with Crippen molar-refractivity contribution in [1.82, 2.24) is 14.8 Å². The fourth-order valence-electron chi connectivity index (χ4n) is 4.81. The molecular formula is C33H30ClN3O5. The molecule has 0 saturated carbocycles. The number of hydrogen-bond donors (Lipinski definition) is 1. The Hall–Kier alpha value is -4.82. The molecule has 5 aromatic rings. The first-order chi connectivity index (χ1) is 20.2. The number of carboxylic acid groups (broad SMARTS) is 1. The lowest BCUT2D eigenvalue weighted by Gasteiger charge is -2.10. The van der Waals surface area contributed by atoms with Crippen molar-refractivity contribution >= 4 is 40.8 Å². The Bertz CT molecular complexity index is 1800. The molecular weight excluding hydrogens is 554 g/mol. The highest BCUT2D eigenvalue weighted by molar-refractivity contribution is 6.32. The minimum Gasteiger partial charge on any atom is -0.493 e. The Morgan fingerprint density at radius 3 is 2.24 bits per heavy atom. The van der Waals surface area contributed by atoms with Crippen molar-refractivity contribution in [3.05, 3.63) is 105 Å². The Labute approximate surface area is 248 Å². The van der Waals surface area contributed by atoms with Gasteiger partial charge in [-0.05, 0) is 91.6 Å². The predicted molar refractivity (Wildman–Crippen MR) is 164 cm³/mol. The Morgan fingerprint density at radius 1 is 0.905 bits per heavy atom. The maximum absolute atomic E-state index is 12.2. The summed E-state index contributed by atoms with van der Waals surface area (Å²) in [5.74, 6) is 1.58. The summed E-state index contributed by atoms with van der Waals surface area (Å²) in [6, 6.07) is 18.6. The van der Waals surface area contributed by atoms with E-state index in [1.54, 1.807) is 38.0 Å². The molecule has 1 N–H and O–H groups in total. The van der Waals surface area contributed by atoms with Gasteiger partial charge in [-0.1, -0.05) is 35.9 Å². The quantitative estimate of drug-likeness (QED) is 0.190. The van der Waals surface area contributed by atoms with Gasteiger partial charge in [0.2, 0.25) is 0 Å². The first kappa shape index (κ1) is 28.7. The van der Waals surface area contributed by atoms with E-state index in [1.807, 2.05) is 74.5 Å². The fraction of sp³-hybridized carbons (Fsp3) is 0.182. The van der Waals surface area contributed by atoms with Crippen LogP contribution in [0.25, 0.3) is 23.2 Å². The number of fused-ring (bicyclic) bond motifs is 1. The molecule has 0 amide bonds. The van der Waals surface area contributed by atoms with Gasteiger partial charge in [-0.2, -0.15) is 5.10 Å². The molecule has 2 heterocycles. The molecule has 0 fully saturated rings. The third-order valence-electron chi connectivity index (χ3n) is 6.88. The largest absolute Gasteiger partial charge is 0.493 e. The summed E-state index contributed by atoms with van der Waals surface area (Å²) in [6.07, 6.45) is 3.61. The van der Waals surface area contributed by atoms with Gasteiger partial charge >= 0.3 is 5.97 Å². The second kappa shape index (κ2) is 12.0. The lowest BCUT2D eigenvalue weighted by molar-refractivity contribution is 0.0699. The van der Waals surface area contributed by atoms with E-state index < -0.39 is 5.97 Å². The molecule has 2 aromatic heterocycles. The van der Waals surface area contributed by atoms with Crippen LogP contribution in [0, 0.1) is 20.8 Å². The number of benzene rings is 3. The van der Waals surface area contributed by atoms with Gasteiger partial charge in [0.15, 0.2) is 17.1 Å². The molecule has 5 rings (SSSR count). The first-order valence-electron chi connectivity index (χ1n) is 13.2. The highest BCUT2D eigenvalue weighted by Gasteiger charge is 2.19. The SMILES string of the molecule is COc1ccc(/C=C/c2cc(C(=O)O)c3c(C)nn(Cc4ccc(Oc5cc(C)c(Cl)c(C)c5)cc4)c3n2)cc1OC. The number of rotatable bonds is 9. The molecule has 0 aliphatic rings. The van der Waals surface area contributed by atoms with E-state index in [9.17, 15) is 9.90 Å². The fourth-order valence-corrected chi connectivity index (χ4v) is 4.92. The molecule has 0 aliphatic heterocycles. The summed E-state index contributed by atoms with van der Waals surface area (Å²) in [5.41, 5.74) is 5.44. The minimum atomic E-state index is -1.04. The second-order valence-corrected chi connectivity index (χ2v) is 10.3. The van der Waals surface area contributed by atoms with Gasteiger partial charge in [-0.3, -0.25) is 0 Å². The van der Waals surface area contributed by atoms with Crippen LogP contribution in [0.15, 0.2) is 60.7 Å². The molecule has 42 heavy (non-hydrogen) atoms. The van der Waals surface area contributed by atoms with Gasteiger partial charge < -0.3 is 19.3 Å². The molecule has 0 aliphatic carbocycles. The Kier molecular flexibility index (Phi) is 8.17. The molecule has 0 unspecified atom stereocenters. The number of aromatic nitrogens is 3. The van der Waals surface area contributed by atoms with Gasteiger partial charge in [0, 0.05) is 5.02 Å². The van der Waals surface area contributed by atoms with Crippen LogP contribution in [0.5, 0.6) is 23.0 Å². The molecule has 8 nitrogen and oxygen atoms in total. The first-order valence-corrected chi connectivity index (χ1v) is 13.6. The number of pyridine rings is 1. The van der Waals surface area contributed by atoms with Crippen LogP contribution in [0.2, 0.25) is 5.02 Å². The van der Waals surface area contributed by atoms with E-state index in [0.29, 0.717) is 46.2 Å². The summed E-state index contributed by atoms with van der Waals surface area (Å²) in [6.45, 7) is 6.09. The molecule has 9 heteroatoms. The molecule has 0 radical (unpaired) electrons. The van der Waals surface area contributed by atoms with Crippen LogP contribution in [-0.2, 0) is 6.54 Å². The van der Waals surface area contributed by atoms with Crippen molar-refractivity contribution in [1.29, 1.82) is 0 Å². The number of aromatic carboxylic acids is 1. The zero-order chi connectivity index (χ0) is 30.0. The summed E-state index contributed by atoms with van der Waals surface area (Å²) in [5, 5.41) is 15.9. The van der Waals surface area contributed by atoms with Crippen LogP contribution >= 0.6 is 11.6 Å². The number of halogens is 1. The van der Waals surface area contributed by atoms with Crippen LogP contribution in [0.3, 0.4) is 0 Å². The molecule has 0 bridgehead atoms. The number of methoxy groups -OCH3 is 2. The van der Waals surface area contributed by atoms with Gasteiger partial charge in [0.25, 0.3) is 0 Å². The average molecular weight is 584 g/mol. The lowest BCUT2D eigenvalue weighted by atomic mass is 10.1. The van der Waals surface area contributed by atoms with E-state index >= 15 is 0 Å². The molecule has 214 valence electrons. The van der Waals surface area contributed by atoms with E-state index in [1.165, 1.54) is 0 Å². The second-order valence-electron chi connectivity index (χ2n) is 9.91. The minimum absolute atomic E-state index is 0.146. The number of aryl methyl sites for hydroxylation is 3. The van der Waals surface area contributed by atoms with Crippen LogP contribution in [0.1, 0.15) is 44.0 Å². The molecule has 0 spiro atoms. The van der Waals surface area contributed by atoms with E-state index in [2.05, 4.69) is 5.10 Å². The standard InChI is InChI=1S/C33H30ClN3O5/c1-19-14-26(15-20(2)31(19)34)42-25-11-7-23(8-12-25)18-37-32-30(21(3)36-37)27(33(38)39)17-24(35-32)10-6-22-9-13-28(40-4)29(16-22)41-5/h6-17H,18H2,1-5H3,(H,38,39)/b10-6+. The summed E-state index contributed by atoms with van der Waals surface area (Å²) in [7, 11) is 3.15. The number of nitrogens with zero attached hydrogens (tertiary/aromatic N) is 3. The molecule has 0 atom stereocenters.